The fourth-order valence-corrected chi connectivity index (χ4v) is 7.08. The van der Waals surface area contributed by atoms with Gasteiger partial charge in [-0.05, 0) is 55.7 Å². The summed E-state index contributed by atoms with van der Waals surface area (Å²) in [6.07, 6.45) is 7.94. The van der Waals surface area contributed by atoms with Crippen molar-refractivity contribution in [3.63, 3.8) is 0 Å². The molecule has 42 heavy (non-hydrogen) atoms. The summed E-state index contributed by atoms with van der Waals surface area (Å²) < 4.78 is 30.8. The van der Waals surface area contributed by atoms with Crippen LogP contribution in [-0.4, -0.2) is 61.8 Å². The van der Waals surface area contributed by atoms with Crippen LogP contribution in [0.3, 0.4) is 0 Å². The van der Waals surface area contributed by atoms with Crippen LogP contribution in [0.25, 0.3) is 0 Å². The van der Waals surface area contributed by atoms with Gasteiger partial charge in [-0.1, -0.05) is 61.7 Å². The molecule has 1 aromatic rings. The van der Waals surface area contributed by atoms with Gasteiger partial charge in [-0.2, -0.15) is 0 Å². The highest BCUT2D eigenvalue weighted by Crippen LogP contribution is 2.35. The molecular formula is C32H43Cl3O7. The third-order valence-electron chi connectivity index (χ3n) is 8.35. The van der Waals surface area contributed by atoms with Crippen LogP contribution in [-0.2, 0) is 28.5 Å². The number of rotatable bonds is 6. The summed E-state index contributed by atoms with van der Waals surface area (Å²) in [7, 11) is 1.70. The van der Waals surface area contributed by atoms with Gasteiger partial charge < -0.3 is 23.7 Å². The molecule has 0 radical (unpaired) electrons. The summed E-state index contributed by atoms with van der Waals surface area (Å²) in [5, 5.41) is 0.559. The molecule has 1 aromatic carbocycles. The monoisotopic (exact) mass is 644 g/mol. The lowest BCUT2D eigenvalue weighted by Gasteiger charge is -2.40. The highest BCUT2D eigenvalue weighted by atomic mass is 35.5. The van der Waals surface area contributed by atoms with Crippen LogP contribution < -0.4 is 0 Å². The number of hydrogen-bond acceptors (Lipinski definition) is 7. The van der Waals surface area contributed by atoms with Gasteiger partial charge in [0.25, 0.3) is 0 Å². The summed E-state index contributed by atoms with van der Waals surface area (Å²) in [6, 6.07) is 2.91. The van der Waals surface area contributed by atoms with E-state index >= 15 is 0 Å². The third kappa shape index (κ3) is 9.57. The molecule has 3 aliphatic rings. The molecule has 0 aliphatic carbocycles. The zero-order valence-corrected chi connectivity index (χ0v) is 27.1. The Balaban J connectivity index is 1.55. The zero-order valence-electron chi connectivity index (χ0n) is 24.9. The number of methoxy groups -OCH3 is 1. The molecule has 234 valence electrons. The number of cyclic esters (lactones) is 1. The summed E-state index contributed by atoms with van der Waals surface area (Å²) in [6.45, 7) is 6.52. The van der Waals surface area contributed by atoms with Gasteiger partial charge in [-0.15, -0.1) is 0 Å². The predicted molar refractivity (Wildman–Crippen MR) is 163 cm³/mol. The predicted octanol–water partition coefficient (Wildman–Crippen LogP) is 8.01. The van der Waals surface area contributed by atoms with Gasteiger partial charge in [0.2, 0.25) is 0 Å². The van der Waals surface area contributed by atoms with E-state index in [0.29, 0.717) is 42.5 Å². The molecule has 8 atom stereocenters. The molecule has 3 heterocycles. The maximum Gasteiger partial charge on any atom is 0.341 e. The second-order valence-electron chi connectivity index (χ2n) is 12.3. The van der Waals surface area contributed by atoms with Crippen molar-refractivity contribution in [2.45, 2.75) is 121 Å². The van der Waals surface area contributed by atoms with Gasteiger partial charge in [-0.3, -0.25) is 4.79 Å². The van der Waals surface area contributed by atoms with Crippen molar-refractivity contribution in [3.05, 3.63) is 44.9 Å². The number of benzene rings is 1. The molecule has 3 aliphatic heterocycles. The normalized spacial score (nSPS) is 32.8. The van der Waals surface area contributed by atoms with E-state index in [1.807, 2.05) is 6.08 Å². The average molecular weight is 646 g/mol. The van der Waals surface area contributed by atoms with Gasteiger partial charge in [-0.25, -0.2) is 4.79 Å². The molecule has 0 spiro atoms. The number of carbonyl (C=O) groups is 2. The zero-order chi connectivity index (χ0) is 30.4. The SMILES string of the molecule is CO[C@H]1C[C@@H]2C[C@@H](OC(=O)c3c(Cl)cc(Cl)cc3Cl)C[C@H](CC(=O)O[C@@H](/C=C/CC(C)C)C[C@@H]3CC[C@H](C)[C@@H](C1)O3)O2. The standard InChI is InChI=1S/C32H43Cl3O7/c1-18(2)6-5-7-21-12-22-9-8-19(3)29(40-22)16-23(38-4)13-24-14-25(15-26(39-24)17-30(36)41-21)42-32(37)31-27(34)10-20(33)11-28(31)35/h5,7,10-11,18-19,21-26,29H,6,8-9,12-17H2,1-4H3/b7-5+/t19-,21-,22-,23-,24+,25+,26+,29+/m0/s1. The van der Waals surface area contributed by atoms with Gasteiger partial charge >= 0.3 is 11.9 Å². The highest BCUT2D eigenvalue weighted by molar-refractivity contribution is 6.41. The van der Waals surface area contributed by atoms with Gasteiger partial charge in [0.15, 0.2) is 0 Å². The van der Waals surface area contributed by atoms with Gasteiger partial charge in [0, 0.05) is 37.8 Å². The lowest BCUT2D eigenvalue weighted by atomic mass is 9.86. The number of allylic oxidation sites excluding steroid dienone is 1. The fraction of sp³-hybridized carbons (Fsp3) is 0.688. The number of hydrogen-bond donors (Lipinski definition) is 0. The van der Waals surface area contributed by atoms with E-state index in [2.05, 4.69) is 26.8 Å². The number of fused-ring (bicyclic) bond motifs is 4. The van der Waals surface area contributed by atoms with Crippen LogP contribution in [0.1, 0.15) is 88.9 Å². The number of esters is 2. The van der Waals surface area contributed by atoms with Gasteiger partial charge in [0.1, 0.15) is 12.2 Å². The number of carbonyl (C=O) groups excluding carboxylic acids is 2. The minimum absolute atomic E-state index is 0.0132. The molecular weight excluding hydrogens is 603 g/mol. The minimum Gasteiger partial charge on any atom is -0.458 e. The maximum absolute atomic E-state index is 13.2. The van der Waals surface area contributed by atoms with E-state index in [1.165, 1.54) is 12.1 Å². The van der Waals surface area contributed by atoms with Gasteiger partial charge in [0.05, 0.1) is 52.5 Å². The molecule has 7 nitrogen and oxygen atoms in total. The summed E-state index contributed by atoms with van der Waals surface area (Å²) in [5.41, 5.74) is 0.0626. The van der Waals surface area contributed by atoms with E-state index < -0.39 is 24.3 Å². The second kappa shape index (κ2) is 15.6. The lowest BCUT2D eigenvalue weighted by molar-refractivity contribution is -0.165. The van der Waals surface area contributed by atoms with Crippen molar-refractivity contribution in [1.29, 1.82) is 0 Å². The molecule has 4 rings (SSSR count). The van der Waals surface area contributed by atoms with Crippen molar-refractivity contribution >= 4 is 46.7 Å². The van der Waals surface area contributed by atoms with Crippen LogP contribution in [0.4, 0.5) is 0 Å². The first-order valence-electron chi connectivity index (χ1n) is 15.1. The molecule has 3 saturated heterocycles. The van der Waals surface area contributed by atoms with Crippen LogP contribution in [0.15, 0.2) is 24.3 Å². The van der Waals surface area contributed by atoms with E-state index in [4.69, 9.17) is 58.5 Å². The average Bonchev–Trinajstić information content (AvgIpc) is 2.88. The topological polar surface area (TPSA) is 80.3 Å². The largest absolute Gasteiger partial charge is 0.458 e. The first-order valence-corrected chi connectivity index (χ1v) is 16.2. The lowest BCUT2D eigenvalue weighted by Crippen LogP contribution is -2.43. The van der Waals surface area contributed by atoms with E-state index in [-0.39, 0.29) is 52.4 Å². The molecule has 0 saturated carbocycles. The molecule has 10 heteroatoms. The minimum atomic E-state index is -0.642. The first kappa shape index (κ1) is 33.5. The Kier molecular flexibility index (Phi) is 12.4. The highest BCUT2D eigenvalue weighted by Gasteiger charge is 2.38. The Morgan fingerprint density at radius 2 is 1.67 bits per heavy atom. The Labute approximate surface area is 264 Å². The van der Waals surface area contributed by atoms with E-state index in [0.717, 1.165) is 25.7 Å². The summed E-state index contributed by atoms with van der Waals surface area (Å²) in [5.74, 6) is -0.110. The van der Waals surface area contributed by atoms with Crippen molar-refractivity contribution in [2.24, 2.45) is 11.8 Å². The Morgan fingerprint density at radius 1 is 0.976 bits per heavy atom. The van der Waals surface area contributed by atoms with Crippen molar-refractivity contribution in [3.8, 4) is 0 Å². The Morgan fingerprint density at radius 3 is 2.36 bits per heavy atom. The molecule has 0 unspecified atom stereocenters. The van der Waals surface area contributed by atoms with Crippen LogP contribution >= 0.6 is 34.8 Å². The smallest absolute Gasteiger partial charge is 0.341 e. The van der Waals surface area contributed by atoms with Crippen molar-refractivity contribution in [2.75, 3.05) is 7.11 Å². The summed E-state index contributed by atoms with van der Waals surface area (Å²) in [4.78, 5) is 26.4. The quantitative estimate of drug-likeness (QED) is 0.229. The van der Waals surface area contributed by atoms with Crippen molar-refractivity contribution in [1.82, 2.24) is 0 Å². The summed E-state index contributed by atoms with van der Waals surface area (Å²) >= 11 is 18.6. The van der Waals surface area contributed by atoms with E-state index in [9.17, 15) is 9.59 Å². The Bertz CT molecular complexity index is 1090. The van der Waals surface area contributed by atoms with Crippen LogP contribution in [0, 0.1) is 11.8 Å². The van der Waals surface area contributed by atoms with Crippen molar-refractivity contribution < 1.29 is 33.3 Å². The molecule has 0 N–H and O–H groups in total. The second-order valence-corrected chi connectivity index (χ2v) is 13.6. The molecule has 3 fully saturated rings. The molecule has 0 aromatic heterocycles. The maximum atomic E-state index is 13.2. The fourth-order valence-electron chi connectivity index (χ4n) is 6.11. The molecule has 4 bridgehead atoms. The number of ether oxygens (including phenoxy) is 5. The van der Waals surface area contributed by atoms with Crippen LogP contribution in [0.5, 0.6) is 0 Å². The van der Waals surface area contributed by atoms with Crippen LogP contribution in [0.2, 0.25) is 15.1 Å². The first-order chi connectivity index (χ1) is 20.0. The number of halogens is 3. The van der Waals surface area contributed by atoms with E-state index in [1.54, 1.807) is 7.11 Å². The third-order valence-corrected chi connectivity index (χ3v) is 9.17. The molecule has 0 amide bonds. The Hall–Kier alpha value is -1.35.